The Labute approximate surface area is 168 Å². The number of urea groups is 1. The summed E-state index contributed by atoms with van der Waals surface area (Å²) in [5.41, 5.74) is 2.26. The highest BCUT2D eigenvalue weighted by molar-refractivity contribution is 6.08. The molecule has 0 aromatic heterocycles. The molecular formula is C20H25N3O6. The first-order valence-electron chi connectivity index (χ1n) is 9.67. The van der Waals surface area contributed by atoms with Gasteiger partial charge in [-0.25, -0.2) is 9.59 Å². The molecule has 0 unspecified atom stereocenters. The number of rotatable bonds is 6. The molecule has 1 aliphatic carbocycles. The van der Waals surface area contributed by atoms with Crippen LogP contribution in [0.4, 0.5) is 4.79 Å². The van der Waals surface area contributed by atoms with Crippen molar-refractivity contribution in [2.24, 2.45) is 0 Å². The zero-order chi connectivity index (χ0) is 21.0. The van der Waals surface area contributed by atoms with Crippen LogP contribution >= 0.6 is 0 Å². The zero-order valence-corrected chi connectivity index (χ0v) is 16.5. The predicted molar refractivity (Wildman–Crippen MR) is 102 cm³/mol. The monoisotopic (exact) mass is 403 g/mol. The second-order valence-corrected chi connectivity index (χ2v) is 7.43. The number of hydrogen-bond acceptors (Lipinski definition) is 6. The molecule has 1 heterocycles. The number of carbonyl (C=O) groups excluding carboxylic acids is 4. The molecule has 2 fully saturated rings. The summed E-state index contributed by atoms with van der Waals surface area (Å²) in [6, 6.07) is 6.51. The van der Waals surface area contributed by atoms with E-state index in [-0.39, 0.29) is 0 Å². The largest absolute Gasteiger partial charge is 0.479 e. The molecule has 1 aromatic rings. The van der Waals surface area contributed by atoms with E-state index < -0.39 is 42.1 Å². The van der Waals surface area contributed by atoms with E-state index in [1.807, 2.05) is 13.0 Å². The fourth-order valence-corrected chi connectivity index (χ4v) is 3.57. The molecule has 4 amide bonds. The number of hydrogen-bond donors (Lipinski definition) is 2. The molecule has 1 atom stereocenters. The van der Waals surface area contributed by atoms with Crippen LogP contribution in [-0.4, -0.2) is 47.1 Å². The minimum Gasteiger partial charge on any atom is -0.479 e. The Morgan fingerprint density at radius 1 is 1.24 bits per heavy atom. The molecule has 1 saturated heterocycles. The smallest absolute Gasteiger partial charge is 0.347 e. The van der Waals surface area contributed by atoms with Gasteiger partial charge in [0.2, 0.25) is 0 Å². The second kappa shape index (κ2) is 8.50. The van der Waals surface area contributed by atoms with Crippen molar-refractivity contribution < 1.29 is 28.7 Å². The van der Waals surface area contributed by atoms with Crippen molar-refractivity contribution in [1.82, 2.24) is 15.8 Å². The van der Waals surface area contributed by atoms with Gasteiger partial charge in [-0.05, 0) is 44.4 Å². The van der Waals surface area contributed by atoms with E-state index >= 15 is 0 Å². The number of nitrogens with one attached hydrogen (secondary N) is 2. The molecule has 2 aliphatic rings. The van der Waals surface area contributed by atoms with E-state index in [9.17, 15) is 19.2 Å². The quantitative estimate of drug-likeness (QED) is 0.551. The van der Waals surface area contributed by atoms with Crippen LogP contribution < -0.4 is 15.5 Å². The van der Waals surface area contributed by atoms with Crippen molar-refractivity contribution in [2.45, 2.75) is 57.6 Å². The maximum absolute atomic E-state index is 12.6. The van der Waals surface area contributed by atoms with Crippen LogP contribution in [0.2, 0.25) is 0 Å². The Bertz CT molecular complexity index is 818. The fourth-order valence-electron chi connectivity index (χ4n) is 3.57. The van der Waals surface area contributed by atoms with Gasteiger partial charge in [-0.2, -0.15) is 5.01 Å². The zero-order valence-electron chi connectivity index (χ0n) is 16.5. The number of amides is 4. The first-order valence-corrected chi connectivity index (χ1v) is 9.67. The number of benzene rings is 1. The number of ether oxygens (including phenoxy) is 2. The number of aryl methyl sites for hydroxylation is 1. The van der Waals surface area contributed by atoms with Gasteiger partial charge < -0.3 is 14.8 Å². The topological polar surface area (TPSA) is 114 Å². The highest BCUT2D eigenvalue weighted by Crippen LogP contribution is 2.32. The predicted octanol–water partition coefficient (Wildman–Crippen LogP) is 1.59. The van der Waals surface area contributed by atoms with Crippen LogP contribution in [0.25, 0.3) is 0 Å². The summed E-state index contributed by atoms with van der Waals surface area (Å²) >= 11 is 0. The van der Waals surface area contributed by atoms with Gasteiger partial charge in [0.05, 0.1) is 0 Å². The van der Waals surface area contributed by atoms with Crippen molar-refractivity contribution >= 4 is 23.8 Å². The molecule has 0 bridgehead atoms. The molecule has 9 heteroatoms. The highest BCUT2D eigenvalue weighted by atomic mass is 16.6. The van der Waals surface area contributed by atoms with E-state index in [1.54, 1.807) is 18.2 Å². The SMILES string of the molecule is Cc1cccc(O[C@H](C)C(=O)OCC(=O)NN2C(=O)NC3(CCCCC3)C2=O)c1. The van der Waals surface area contributed by atoms with Gasteiger partial charge in [0.1, 0.15) is 11.3 Å². The lowest BCUT2D eigenvalue weighted by molar-refractivity contribution is -0.156. The molecule has 1 saturated carbocycles. The molecule has 1 spiro atoms. The van der Waals surface area contributed by atoms with Gasteiger partial charge >= 0.3 is 12.0 Å². The second-order valence-electron chi connectivity index (χ2n) is 7.43. The lowest BCUT2D eigenvalue weighted by atomic mass is 9.82. The number of imide groups is 1. The lowest BCUT2D eigenvalue weighted by Crippen LogP contribution is -2.51. The molecule has 2 N–H and O–H groups in total. The highest BCUT2D eigenvalue weighted by Gasteiger charge is 2.52. The minimum absolute atomic E-state index is 0.474. The minimum atomic E-state index is -0.935. The molecule has 9 nitrogen and oxygen atoms in total. The van der Waals surface area contributed by atoms with E-state index in [4.69, 9.17) is 9.47 Å². The summed E-state index contributed by atoms with van der Waals surface area (Å²) in [4.78, 5) is 48.9. The Morgan fingerprint density at radius 2 is 1.97 bits per heavy atom. The van der Waals surface area contributed by atoms with Crippen molar-refractivity contribution in [3.05, 3.63) is 29.8 Å². The Morgan fingerprint density at radius 3 is 2.66 bits per heavy atom. The van der Waals surface area contributed by atoms with Crippen LogP contribution in [0.1, 0.15) is 44.6 Å². The van der Waals surface area contributed by atoms with E-state index in [0.717, 1.165) is 24.8 Å². The molecule has 0 radical (unpaired) electrons. The molecule has 29 heavy (non-hydrogen) atoms. The van der Waals surface area contributed by atoms with Gasteiger partial charge in [0.15, 0.2) is 12.7 Å². The van der Waals surface area contributed by atoms with Crippen LogP contribution in [0.3, 0.4) is 0 Å². The molecule has 1 aromatic carbocycles. The van der Waals surface area contributed by atoms with E-state index in [0.29, 0.717) is 23.6 Å². The molecule has 1 aliphatic heterocycles. The summed E-state index contributed by atoms with van der Waals surface area (Å²) in [5, 5.41) is 3.36. The standard InChI is InChI=1S/C20H25N3O6/c1-13-7-6-8-15(11-13)29-14(2)17(25)28-12-16(24)22-23-18(26)20(21-19(23)27)9-4-3-5-10-20/h6-8,11,14H,3-5,9-10,12H2,1-2H3,(H,21,27)(H,22,24)/t14-/m1/s1. The van der Waals surface area contributed by atoms with Gasteiger partial charge in [-0.3, -0.25) is 15.0 Å². The van der Waals surface area contributed by atoms with Crippen molar-refractivity contribution in [2.75, 3.05) is 6.61 Å². The maximum Gasteiger partial charge on any atom is 0.347 e. The molecule has 156 valence electrons. The van der Waals surface area contributed by atoms with Crippen LogP contribution in [0.15, 0.2) is 24.3 Å². The summed E-state index contributed by atoms with van der Waals surface area (Å²) in [6.45, 7) is 2.77. The summed E-state index contributed by atoms with van der Waals surface area (Å²) in [6.07, 6.45) is 2.86. The first kappa shape index (κ1) is 20.6. The third kappa shape index (κ3) is 4.67. The fraction of sp³-hybridized carbons (Fsp3) is 0.500. The average Bonchev–Trinajstić information content (AvgIpc) is 2.90. The van der Waals surface area contributed by atoms with Gasteiger partial charge in [0.25, 0.3) is 11.8 Å². The number of esters is 1. The molecular weight excluding hydrogens is 378 g/mol. The lowest BCUT2D eigenvalue weighted by Gasteiger charge is -2.30. The van der Waals surface area contributed by atoms with Crippen molar-refractivity contribution in [1.29, 1.82) is 0 Å². The summed E-state index contributed by atoms with van der Waals surface area (Å²) in [7, 11) is 0. The molecule has 3 rings (SSSR count). The number of carbonyl (C=O) groups is 4. The van der Waals surface area contributed by atoms with Gasteiger partial charge in [-0.1, -0.05) is 31.4 Å². The Hall–Kier alpha value is -3.10. The third-order valence-electron chi connectivity index (χ3n) is 5.09. The van der Waals surface area contributed by atoms with Crippen molar-refractivity contribution in [3.8, 4) is 5.75 Å². The first-order chi connectivity index (χ1) is 13.8. The van der Waals surface area contributed by atoms with Crippen LogP contribution in [0.5, 0.6) is 5.75 Å². The summed E-state index contributed by atoms with van der Waals surface area (Å²) in [5.74, 6) is -1.48. The number of hydrazine groups is 1. The summed E-state index contributed by atoms with van der Waals surface area (Å²) < 4.78 is 10.4. The van der Waals surface area contributed by atoms with Crippen molar-refractivity contribution in [3.63, 3.8) is 0 Å². The third-order valence-corrected chi connectivity index (χ3v) is 5.09. The van der Waals surface area contributed by atoms with Gasteiger partial charge in [0, 0.05) is 0 Å². The Kier molecular flexibility index (Phi) is 6.05. The number of nitrogens with zero attached hydrogens (tertiary/aromatic N) is 1. The van der Waals surface area contributed by atoms with Gasteiger partial charge in [-0.15, -0.1) is 0 Å². The normalized spacial score (nSPS) is 18.9. The van der Waals surface area contributed by atoms with Crippen LogP contribution in [-0.2, 0) is 19.1 Å². The van der Waals surface area contributed by atoms with E-state index in [1.165, 1.54) is 6.92 Å². The Balaban J connectivity index is 1.48. The van der Waals surface area contributed by atoms with Crippen LogP contribution in [0, 0.1) is 6.92 Å². The van der Waals surface area contributed by atoms with E-state index in [2.05, 4.69) is 10.7 Å². The maximum atomic E-state index is 12.6. The average molecular weight is 403 g/mol.